The first kappa shape index (κ1) is 5.37. The van der Waals surface area contributed by atoms with Gasteiger partial charge >= 0.3 is 0 Å². The number of nitrogens with zero attached hydrogens (tertiary/aromatic N) is 2. The van der Waals surface area contributed by atoms with Crippen LogP contribution in [0.15, 0.2) is 6.20 Å². The summed E-state index contributed by atoms with van der Waals surface area (Å²) in [5.41, 5.74) is 0.750. The number of nitrogens with one attached hydrogen (secondary N) is 1. The number of hydrogen-bond acceptors (Lipinski definition) is 3. The molecule has 0 amide bonds. The van der Waals surface area contributed by atoms with Crippen LogP contribution in [0, 0.1) is 0 Å². The Labute approximate surface area is 52.1 Å². The molecule has 0 atom stereocenters. The average molecular weight is 127 g/mol. The van der Waals surface area contributed by atoms with Gasteiger partial charge in [-0.25, -0.2) is 0 Å². The molecule has 0 aliphatic carbocycles. The van der Waals surface area contributed by atoms with E-state index in [1.807, 2.05) is 6.92 Å². The first-order chi connectivity index (χ1) is 3.80. The Morgan fingerprint density at radius 3 is 2.88 bits per heavy atom. The normalized spacial score (nSPS) is 9.12. The summed E-state index contributed by atoms with van der Waals surface area (Å²) in [6, 6.07) is 0. The maximum atomic E-state index is 4.79. The zero-order valence-corrected chi connectivity index (χ0v) is 5.20. The smallest absolute Gasteiger partial charge is 0.119 e. The second-order valence-corrected chi connectivity index (χ2v) is 2.02. The molecule has 1 aromatic rings. The predicted octanol–water partition coefficient (Wildman–Crippen LogP) is 0.543. The van der Waals surface area contributed by atoms with Crippen molar-refractivity contribution >= 4 is 17.1 Å². The maximum Gasteiger partial charge on any atom is 0.119 e. The summed E-state index contributed by atoms with van der Waals surface area (Å²) in [5, 5.41) is 9.78. The zero-order valence-electron chi connectivity index (χ0n) is 4.38. The topological polar surface area (TPSA) is 41.6 Å². The Morgan fingerprint density at radius 2 is 2.62 bits per heavy atom. The van der Waals surface area contributed by atoms with E-state index >= 15 is 0 Å². The summed E-state index contributed by atoms with van der Waals surface area (Å²) in [5.74, 6) is 0. The van der Waals surface area contributed by atoms with E-state index in [4.69, 9.17) is 12.2 Å². The van der Waals surface area contributed by atoms with Crippen LogP contribution in [0.3, 0.4) is 0 Å². The highest BCUT2D eigenvalue weighted by Gasteiger charge is 1.93. The van der Waals surface area contributed by atoms with Gasteiger partial charge in [-0.3, -0.25) is 0 Å². The molecule has 1 N–H and O–H groups in total. The van der Waals surface area contributed by atoms with Crippen LogP contribution in [0.25, 0.3) is 0 Å². The number of hydrogen-bond donors (Lipinski definition) is 1. The van der Waals surface area contributed by atoms with Crippen LogP contribution in [0.4, 0.5) is 0 Å². The number of aromatic nitrogens is 3. The molecule has 0 spiro atoms. The predicted molar refractivity (Wildman–Crippen MR) is 33.8 cm³/mol. The average Bonchev–Trinajstić information content (AvgIpc) is 2.12. The first-order valence-electron chi connectivity index (χ1n) is 2.17. The van der Waals surface area contributed by atoms with E-state index in [9.17, 15) is 0 Å². The molecular formula is C4H5N3S. The number of H-pyrrole nitrogens is 1. The van der Waals surface area contributed by atoms with Crippen LogP contribution < -0.4 is 0 Å². The lowest BCUT2D eigenvalue weighted by Crippen LogP contribution is -1.88. The molecule has 0 bridgehead atoms. The van der Waals surface area contributed by atoms with Gasteiger partial charge in [-0.05, 0) is 6.92 Å². The van der Waals surface area contributed by atoms with Crippen molar-refractivity contribution in [2.45, 2.75) is 6.92 Å². The summed E-state index contributed by atoms with van der Waals surface area (Å²) in [4.78, 5) is 0.763. The van der Waals surface area contributed by atoms with Gasteiger partial charge in [0.1, 0.15) is 5.69 Å². The summed E-state index contributed by atoms with van der Waals surface area (Å²) in [6.07, 6.45) is 1.60. The van der Waals surface area contributed by atoms with Crippen molar-refractivity contribution < 1.29 is 0 Å². The number of rotatable bonds is 1. The van der Waals surface area contributed by atoms with Gasteiger partial charge in [-0.2, -0.15) is 15.4 Å². The van der Waals surface area contributed by atoms with E-state index < -0.39 is 0 Å². The highest BCUT2D eigenvalue weighted by atomic mass is 32.1. The molecule has 0 aliphatic rings. The van der Waals surface area contributed by atoms with Crippen LogP contribution in [-0.4, -0.2) is 20.3 Å². The molecular weight excluding hydrogens is 122 g/mol. The molecule has 0 fully saturated rings. The van der Waals surface area contributed by atoms with Gasteiger partial charge < -0.3 is 0 Å². The van der Waals surface area contributed by atoms with Crippen LogP contribution in [-0.2, 0) is 0 Å². The molecule has 1 rings (SSSR count). The lowest BCUT2D eigenvalue weighted by molar-refractivity contribution is 0.937. The highest BCUT2D eigenvalue weighted by Crippen LogP contribution is 1.89. The first-order valence-corrected chi connectivity index (χ1v) is 2.58. The van der Waals surface area contributed by atoms with Gasteiger partial charge in [-0.15, -0.1) is 0 Å². The minimum absolute atomic E-state index is 0.750. The molecule has 0 aliphatic heterocycles. The van der Waals surface area contributed by atoms with E-state index in [1.54, 1.807) is 6.20 Å². The Bertz CT molecular complexity index is 179. The summed E-state index contributed by atoms with van der Waals surface area (Å²) in [6.45, 7) is 1.81. The fraction of sp³-hybridized carbons (Fsp3) is 0.250. The quantitative estimate of drug-likeness (QED) is 0.442. The fourth-order valence-corrected chi connectivity index (χ4v) is 0.470. The van der Waals surface area contributed by atoms with Gasteiger partial charge in [0.15, 0.2) is 0 Å². The lowest BCUT2D eigenvalue weighted by Gasteiger charge is -1.80. The molecule has 0 saturated carbocycles. The molecule has 0 unspecified atom stereocenters. The van der Waals surface area contributed by atoms with E-state index in [-0.39, 0.29) is 0 Å². The monoisotopic (exact) mass is 127 g/mol. The fourth-order valence-electron chi connectivity index (χ4n) is 0.371. The van der Waals surface area contributed by atoms with E-state index in [0.29, 0.717) is 0 Å². The van der Waals surface area contributed by atoms with Crippen molar-refractivity contribution in [1.82, 2.24) is 15.4 Å². The van der Waals surface area contributed by atoms with E-state index in [0.717, 1.165) is 10.6 Å². The Hall–Kier alpha value is -0.770. The van der Waals surface area contributed by atoms with Crippen LogP contribution in [0.5, 0.6) is 0 Å². The van der Waals surface area contributed by atoms with Crippen molar-refractivity contribution in [1.29, 1.82) is 0 Å². The SMILES string of the molecule is CC(=S)c1cn[nH]n1. The van der Waals surface area contributed by atoms with E-state index in [2.05, 4.69) is 15.4 Å². The minimum atomic E-state index is 0.750. The number of aromatic amines is 1. The third-order valence-electron chi connectivity index (χ3n) is 0.776. The Morgan fingerprint density at radius 1 is 1.88 bits per heavy atom. The molecule has 8 heavy (non-hydrogen) atoms. The van der Waals surface area contributed by atoms with Gasteiger partial charge in [0.2, 0.25) is 0 Å². The summed E-state index contributed by atoms with van der Waals surface area (Å²) in [7, 11) is 0. The lowest BCUT2D eigenvalue weighted by atomic mass is 10.4. The molecule has 0 radical (unpaired) electrons. The third kappa shape index (κ3) is 0.894. The minimum Gasteiger partial charge on any atom is -0.197 e. The van der Waals surface area contributed by atoms with Crippen molar-refractivity contribution in [2.24, 2.45) is 0 Å². The van der Waals surface area contributed by atoms with Crippen molar-refractivity contribution in [3.05, 3.63) is 11.9 Å². The van der Waals surface area contributed by atoms with Gasteiger partial charge in [0, 0.05) is 4.86 Å². The third-order valence-corrected chi connectivity index (χ3v) is 0.985. The van der Waals surface area contributed by atoms with Crippen molar-refractivity contribution in [3.8, 4) is 0 Å². The van der Waals surface area contributed by atoms with Crippen molar-refractivity contribution in [2.75, 3.05) is 0 Å². The molecule has 42 valence electrons. The zero-order chi connectivity index (χ0) is 5.98. The Balaban J connectivity index is 2.93. The standard InChI is InChI=1S/C4H5N3S/c1-3(8)4-2-5-7-6-4/h2H,1H3,(H,5,6,7). The molecule has 1 aromatic heterocycles. The summed E-state index contributed by atoms with van der Waals surface area (Å²) >= 11 is 4.79. The largest absolute Gasteiger partial charge is 0.197 e. The second-order valence-electron chi connectivity index (χ2n) is 1.41. The molecule has 0 saturated heterocycles. The molecule has 3 nitrogen and oxygen atoms in total. The van der Waals surface area contributed by atoms with E-state index in [1.165, 1.54) is 0 Å². The van der Waals surface area contributed by atoms with Gasteiger partial charge in [0.25, 0.3) is 0 Å². The van der Waals surface area contributed by atoms with Crippen molar-refractivity contribution in [3.63, 3.8) is 0 Å². The van der Waals surface area contributed by atoms with Crippen LogP contribution in [0.2, 0.25) is 0 Å². The molecule has 4 heteroatoms. The molecule has 0 aromatic carbocycles. The summed E-state index contributed by atoms with van der Waals surface area (Å²) < 4.78 is 0. The number of thiocarbonyl (C=S) groups is 1. The second kappa shape index (κ2) is 2.00. The Kier molecular flexibility index (Phi) is 1.34. The highest BCUT2D eigenvalue weighted by molar-refractivity contribution is 7.80. The van der Waals surface area contributed by atoms with Crippen LogP contribution in [0.1, 0.15) is 12.6 Å². The molecule has 1 heterocycles. The van der Waals surface area contributed by atoms with Gasteiger partial charge in [0.05, 0.1) is 6.20 Å². The maximum absolute atomic E-state index is 4.79. The van der Waals surface area contributed by atoms with Gasteiger partial charge in [-0.1, -0.05) is 12.2 Å². The van der Waals surface area contributed by atoms with Crippen LogP contribution >= 0.6 is 12.2 Å².